The molecule has 0 saturated carbocycles. The van der Waals surface area contributed by atoms with Crippen LogP contribution in [0.4, 0.5) is 11.6 Å². The third-order valence-corrected chi connectivity index (χ3v) is 5.26. The highest BCUT2D eigenvalue weighted by atomic mass is 35.5. The molecular weight excluding hydrogens is 418 g/mol. The highest BCUT2D eigenvalue weighted by molar-refractivity contribution is 7.92. The predicted molar refractivity (Wildman–Crippen MR) is 108 cm³/mol. The number of nitrogens with one attached hydrogen (secondary N) is 3. The van der Waals surface area contributed by atoms with Crippen molar-refractivity contribution in [1.82, 2.24) is 15.4 Å². The first-order chi connectivity index (χ1) is 13.9. The van der Waals surface area contributed by atoms with Crippen molar-refractivity contribution in [1.29, 1.82) is 0 Å². The Labute approximate surface area is 172 Å². The van der Waals surface area contributed by atoms with Crippen molar-refractivity contribution >= 4 is 39.2 Å². The van der Waals surface area contributed by atoms with Gasteiger partial charge in [0.15, 0.2) is 0 Å². The molecule has 3 rings (SSSR count). The lowest BCUT2D eigenvalue weighted by Gasteiger charge is -2.13. The molecule has 9 nitrogen and oxygen atoms in total. The Kier molecular flexibility index (Phi) is 6.15. The topological polar surface area (TPSA) is 122 Å². The van der Waals surface area contributed by atoms with Crippen LogP contribution in [0.15, 0.2) is 65.8 Å². The number of anilines is 2. The summed E-state index contributed by atoms with van der Waals surface area (Å²) in [6, 6.07) is 11.7. The van der Waals surface area contributed by atoms with E-state index in [1.54, 1.807) is 18.2 Å². The first kappa shape index (κ1) is 20.4. The molecule has 0 saturated heterocycles. The second-order valence-corrected chi connectivity index (χ2v) is 7.75. The smallest absolute Gasteiger partial charge is 0.269 e. The average Bonchev–Trinajstić information content (AvgIpc) is 2.73. The van der Waals surface area contributed by atoms with Crippen LogP contribution < -0.4 is 20.3 Å². The number of carbonyl (C=O) groups is 1. The summed E-state index contributed by atoms with van der Waals surface area (Å²) in [5, 5.41) is 0.339. The number of sulfonamides is 1. The minimum Gasteiger partial charge on any atom is -0.495 e. The largest absolute Gasteiger partial charge is 0.495 e. The lowest BCUT2D eigenvalue weighted by Crippen LogP contribution is -2.30. The van der Waals surface area contributed by atoms with Crippen molar-refractivity contribution in [3.8, 4) is 5.75 Å². The molecule has 1 heterocycles. The number of aromatic nitrogens is 2. The highest BCUT2D eigenvalue weighted by Gasteiger charge is 2.19. The summed E-state index contributed by atoms with van der Waals surface area (Å²) in [5.74, 6) is -0.0619. The van der Waals surface area contributed by atoms with Crippen molar-refractivity contribution < 1.29 is 17.9 Å². The monoisotopic (exact) mass is 433 g/mol. The van der Waals surface area contributed by atoms with Gasteiger partial charge in [-0.05, 0) is 42.5 Å². The quantitative estimate of drug-likeness (QED) is 0.489. The minimum atomic E-state index is -4.00. The first-order valence-corrected chi connectivity index (χ1v) is 10.0. The number of hydrogen-bond donors (Lipinski definition) is 3. The maximum Gasteiger partial charge on any atom is 0.269 e. The predicted octanol–water partition coefficient (Wildman–Crippen LogP) is 2.70. The average molecular weight is 434 g/mol. The maximum atomic E-state index is 12.8. The van der Waals surface area contributed by atoms with Crippen molar-refractivity contribution in [3.63, 3.8) is 0 Å². The summed E-state index contributed by atoms with van der Waals surface area (Å²) < 4.78 is 33.1. The summed E-state index contributed by atoms with van der Waals surface area (Å²) in [7, 11) is -2.59. The summed E-state index contributed by atoms with van der Waals surface area (Å²) in [6.45, 7) is 0. The SMILES string of the molecule is COc1ccc(Cl)cc1NS(=O)(=O)c1cccc(C(=O)NNc2ncccn2)c1. The van der Waals surface area contributed by atoms with Crippen LogP contribution in [0.3, 0.4) is 0 Å². The Morgan fingerprint density at radius 3 is 2.55 bits per heavy atom. The van der Waals surface area contributed by atoms with E-state index in [1.165, 1.54) is 49.8 Å². The molecule has 150 valence electrons. The molecule has 0 aliphatic heterocycles. The Morgan fingerprint density at radius 1 is 1.07 bits per heavy atom. The van der Waals surface area contributed by atoms with Gasteiger partial charge in [-0.1, -0.05) is 17.7 Å². The van der Waals surface area contributed by atoms with Crippen LogP contribution in [0.25, 0.3) is 0 Å². The number of methoxy groups -OCH3 is 1. The third kappa shape index (κ3) is 5.12. The van der Waals surface area contributed by atoms with Gasteiger partial charge in [-0.2, -0.15) is 0 Å². The van der Waals surface area contributed by atoms with E-state index in [-0.39, 0.29) is 22.1 Å². The molecule has 2 aromatic carbocycles. The molecule has 0 radical (unpaired) electrons. The zero-order valence-electron chi connectivity index (χ0n) is 15.1. The number of rotatable bonds is 7. The van der Waals surface area contributed by atoms with Crippen LogP contribution in [0, 0.1) is 0 Å². The molecule has 0 fully saturated rings. The van der Waals surface area contributed by atoms with Gasteiger partial charge in [0.25, 0.3) is 15.9 Å². The van der Waals surface area contributed by atoms with Crippen molar-refractivity contribution in [2.24, 2.45) is 0 Å². The lowest BCUT2D eigenvalue weighted by molar-refractivity contribution is 0.0962. The summed E-state index contributed by atoms with van der Waals surface area (Å²) in [6.07, 6.45) is 3.01. The molecular formula is C18H16ClN5O4S. The molecule has 3 N–H and O–H groups in total. The van der Waals surface area contributed by atoms with E-state index in [0.29, 0.717) is 10.8 Å². The van der Waals surface area contributed by atoms with Gasteiger partial charge in [-0.3, -0.25) is 20.4 Å². The van der Waals surface area contributed by atoms with Gasteiger partial charge in [0, 0.05) is 23.0 Å². The van der Waals surface area contributed by atoms with E-state index in [9.17, 15) is 13.2 Å². The molecule has 0 spiro atoms. The van der Waals surface area contributed by atoms with E-state index in [1.807, 2.05) is 0 Å². The van der Waals surface area contributed by atoms with Crippen molar-refractivity contribution in [2.45, 2.75) is 4.90 Å². The maximum absolute atomic E-state index is 12.8. The molecule has 3 aromatic rings. The van der Waals surface area contributed by atoms with Crippen LogP contribution in [-0.2, 0) is 10.0 Å². The summed E-state index contributed by atoms with van der Waals surface area (Å²) in [4.78, 5) is 20.0. The van der Waals surface area contributed by atoms with Crippen molar-refractivity contribution in [2.75, 3.05) is 17.3 Å². The molecule has 1 amide bonds. The number of hydrazine groups is 1. The summed E-state index contributed by atoms with van der Waals surface area (Å²) in [5.41, 5.74) is 5.25. The molecule has 0 aliphatic rings. The second kappa shape index (κ2) is 8.76. The van der Waals surface area contributed by atoms with Gasteiger partial charge < -0.3 is 4.74 Å². The van der Waals surface area contributed by atoms with E-state index < -0.39 is 15.9 Å². The Morgan fingerprint density at radius 2 is 1.83 bits per heavy atom. The molecule has 0 atom stereocenters. The lowest BCUT2D eigenvalue weighted by atomic mass is 10.2. The summed E-state index contributed by atoms with van der Waals surface area (Å²) >= 11 is 5.94. The standard InChI is InChI=1S/C18H16ClN5O4S/c1-28-16-7-6-13(19)11-15(16)24-29(26,27)14-5-2-4-12(10-14)17(25)22-23-18-20-8-3-9-21-18/h2-11,24H,1H3,(H,22,25)(H,20,21,23). The second-order valence-electron chi connectivity index (χ2n) is 5.63. The Bertz CT molecular complexity index is 1130. The third-order valence-electron chi connectivity index (χ3n) is 3.67. The fourth-order valence-electron chi connectivity index (χ4n) is 2.32. The van der Waals surface area contributed by atoms with Gasteiger partial charge in [0.2, 0.25) is 5.95 Å². The minimum absolute atomic E-state index is 0.108. The van der Waals surface area contributed by atoms with Crippen LogP contribution in [-0.4, -0.2) is 31.4 Å². The van der Waals surface area contributed by atoms with Gasteiger partial charge >= 0.3 is 0 Å². The van der Waals surface area contributed by atoms with Crippen LogP contribution in [0.2, 0.25) is 5.02 Å². The zero-order chi connectivity index (χ0) is 20.9. The van der Waals surface area contributed by atoms with Gasteiger partial charge in [-0.25, -0.2) is 18.4 Å². The van der Waals surface area contributed by atoms with Crippen molar-refractivity contribution in [3.05, 3.63) is 71.5 Å². The number of nitrogens with zero attached hydrogens (tertiary/aromatic N) is 2. The number of hydrogen-bond acceptors (Lipinski definition) is 7. The molecule has 11 heteroatoms. The van der Waals surface area contributed by atoms with Crippen LogP contribution in [0.1, 0.15) is 10.4 Å². The number of benzene rings is 2. The highest BCUT2D eigenvalue weighted by Crippen LogP contribution is 2.29. The number of halogens is 1. The molecule has 0 aliphatic carbocycles. The number of carbonyl (C=O) groups excluding carboxylic acids is 1. The van der Waals surface area contributed by atoms with Crippen LogP contribution >= 0.6 is 11.6 Å². The first-order valence-electron chi connectivity index (χ1n) is 8.19. The molecule has 1 aromatic heterocycles. The fourth-order valence-corrected chi connectivity index (χ4v) is 3.60. The zero-order valence-corrected chi connectivity index (χ0v) is 16.7. The van der Waals surface area contributed by atoms with E-state index >= 15 is 0 Å². The van der Waals surface area contributed by atoms with E-state index in [4.69, 9.17) is 16.3 Å². The Hall–Kier alpha value is -3.37. The fraction of sp³-hybridized carbons (Fsp3) is 0.0556. The number of ether oxygens (including phenoxy) is 1. The van der Waals surface area contributed by atoms with Gasteiger partial charge in [0.1, 0.15) is 5.75 Å². The normalized spacial score (nSPS) is 10.8. The number of amides is 1. The van der Waals surface area contributed by atoms with Crippen LogP contribution in [0.5, 0.6) is 5.75 Å². The molecule has 29 heavy (non-hydrogen) atoms. The van der Waals surface area contributed by atoms with E-state index in [0.717, 1.165) is 0 Å². The molecule has 0 bridgehead atoms. The van der Waals surface area contributed by atoms with E-state index in [2.05, 4.69) is 25.5 Å². The Balaban J connectivity index is 1.79. The molecule has 0 unspecified atom stereocenters. The van der Waals surface area contributed by atoms with Gasteiger partial charge in [0.05, 0.1) is 17.7 Å². The van der Waals surface area contributed by atoms with Gasteiger partial charge in [-0.15, -0.1) is 0 Å².